The quantitative estimate of drug-likeness (QED) is 0.829. The van der Waals surface area contributed by atoms with Crippen LogP contribution in [0.25, 0.3) is 11.0 Å². The number of hydrogen-bond acceptors (Lipinski definition) is 5. The number of carbonyl (C=O) groups excluding carboxylic acids is 2. The van der Waals surface area contributed by atoms with Gasteiger partial charge >= 0.3 is 0 Å². The molecule has 7 nitrogen and oxygen atoms in total. The summed E-state index contributed by atoms with van der Waals surface area (Å²) in [4.78, 5) is 37.2. The first kappa shape index (κ1) is 15.5. The van der Waals surface area contributed by atoms with Gasteiger partial charge in [-0.3, -0.25) is 14.4 Å². The molecular formula is C15H13ClN2O5. The molecule has 3 N–H and O–H groups in total. The average Bonchev–Trinajstić information content (AvgIpc) is 2.89. The van der Waals surface area contributed by atoms with Gasteiger partial charge in [0.05, 0.1) is 11.5 Å². The molecule has 0 radical (unpaired) electrons. The predicted octanol–water partition coefficient (Wildman–Crippen LogP) is 0.507. The first-order chi connectivity index (χ1) is 10.9. The number of β-amino-alcohol motifs (C(OH)–C–C–N with tert-alkyl or cyclic N) is 1. The van der Waals surface area contributed by atoms with Crippen molar-refractivity contribution in [2.45, 2.75) is 18.6 Å². The lowest BCUT2D eigenvalue weighted by atomic mass is 10.2. The van der Waals surface area contributed by atoms with Gasteiger partial charge in [0, 0.05) is 24.1 Å². The molecular weight excluding hydrogens is 324 g/mol. The van der Waals surface area contributed by atoms with Crippen LogP contribution in [-0.2, 0) is 4.79 Å². The van der Waals surface area contributed by atoms with Gasteiger partial charge in [-0.15, -0.1) is 0 Å². The van der Waals surface area contributed by atoms with E-state index in [-0.39, 0.29) is 29.7 Å². The van der Waals surface area contributed by atoms with Gasteiger partial charge in [0.15, 0.2) is 11.2 Å². The molecule has 1 aromatic heterocycles. The van der Waals surface area contributed by atoms with Crippen molar-refractivity contribution in [1.29, 1.82) is 0 Å². The van der Waals surface area contributed by atoms with Gasteiger partial charge in [0.2, 0.25) is 5.91 Å². The Morgan fingerprint density at radius 3 is 2.78 bits per heavy atom. The fourth-order valence-electron chi connectivity index (χ4n) is 2.68. The van der Waals surface area contributed by atoms with Gasteiger partial charge in [-0.2, -0.15) is 0 Å². The van der Waals surface area contributed by atoms with Gasteiger partial charge in [0.25, 0.3) is 5.91 Å². The molecule has 0 unspecified atom stereocenters. The highest BCUT2D eigenvalue weighted by atomic mass is 35.5. The Bertz CT molecular complexity index is 863. The second kappa shape index (κ2) is 5.68. The Morgan fingerprint density at radius 2 is 2.09 bits per heavy atom. The summed E-state index contributed by atoms with van der Waals surface area (Å²) in [7, 11) is 0. The topological polar surface area (TPSA) is 114 Å². The number of hydrogen-bond donors (Lipinski definition) is 2. The van der Waals surface area contributed by atoms with Gasteiger partial charge < -0.3 is 20.2 Å². The van der Waals surface area contributed by atoms with Crippen molar-refractivity contribution >= 4 is 34.4 Å². The van der Waals surface area contributed by atoms with Crippen LogP contribution in [0.4, 0.5) is 0 Å². The molecule has 0 spiro atoms. The fourth-order valence-corrected chi connectivity index (χ4v) is 2.86. The second-order valence-corrected chi connectivity index (χ2v) is 5.82. The Balaban J connectivity index is 2.03. The molecule has 1 fully saturated rings. The van der Waals surface area contributed by atoms with E-state index >= 15 is 0 Å². The molecule has 2 amide bonds. The lowest BCUT2D eigenvalue weighted by Crippen LogP contribution is -2.43. The number of amides is 2. The van der Waals surface area contributed by atoms with E-state index in [4.69, 9.17) is 21.8 Å². The maximum atomic E-state index is 12.5. The summed E-state index contributed by atoms with van der Waals surface area (Å²) in [6.45, 7) is -0.0468. The van der Waals surface area contributed by atoms with Crippen molar-refractivity contribution in [3.8, 4) is 0 Å². The van der Waals surface area contributed by atoms with E-state index in [0.717, 1.165) is 11.0 Å². The maximum Gasteiger partial charge on any atom is 0.290 e. The van der Waals surface area contributed by atoms with Crippen LogP contribution in [0.5, 0.6) is 0 Å². The van der Waals surface area contributed by atoms with Crippen LogP contribution in [0.15, 0.2) is 33.5 Å². The molecule has 1 aromatic carbocycles. The molecule has 0 saturated carbocycles. The third-order valence-corrected chi connectivity index (χ3v) is 4.00. The Kier molecular flexibility index (Phi) is 3.83. The minimum atomic E-state index is -0.927. The molecule has 0 aliphatic carbocycles. The van der Waals surface area contributed by atoms with Gasteiger partial charge in [-0.05, 0) is 18.2 Å². The summed E-state index contributed by atoms with van der Waals surface area (Å²) < 4.78 is 5.45. The van der Waals surface area contributed by atoms with Gasteiger partial charge in [-0.1, -0.05) is 11.6 Å². The summed E-state index contributed by atoms with van der Waals surface area (Å²) in [5, 5.41) is 10.3. The molecule has 2 atom stereocenters. The Morgan fingerprint density at radius 1 is 1.35 bits per heavy atom. The van der Waals surface area contributed by atoms with E-state index in [1.165, 1.54) is 18.2 Å². The van der Waals surface area contributed by atoms with Crippen molar-refractivity contribution < 1.29 is 19.1 Å². The molecule has 1 aliphatic heterocycles. The minimum absolute atomic E-state index is 0.0468. The van der Waals surface area contributed by atoms with E-state index in [0.29, 0.717) is 5.02 Å². The predicted molar refractivity (Wildman–Crippen MR) is 82.1 cm³/mol. The normalized spacial score (nSPS) is 20.9. The Hall–Kier alpha value is -2.38. The van der Waals surface area contributed by atoms with Crippen LogP contribution in [0.1, 0.15) is 17.0 Å². The summed E-state index contributed by atoms with van der Waals surface area (Å²) >= 11 is 5.83. The molecule has 120 valence electrons. The smallest absolute Gasteiger partial charge is 0.290 e. The van der Waals surface area contributed by atoms with Gasteiger partial charge in [-0.25, -0.2) is 0 Å². The third-order valence-electron chi connectivity index (χ3n) is 3.77. The molecule has 1 saturated heterocycles. The molecule has 2 heterocycles. The lowest BCUT2D eigenvalue weighted by molar-refractivity contribution is -0.121. The highest BCUT2D eigenvalue weighted by Gasteiger charge is 2.39. The van der Waals surface area contributed by atoms with E-state index in [9.17, 15) is 19.5 Å². The fraction of sp³-hybridized carbons (Fsp3) is 0.267. The number of primary amides is 1. The number of aliphatic hydroxyl groups excluding tert-OH is 1. The summed E-state index contributed by atoms with van der Waals surface area (Å²) in [5.41, 5.74) is 5.04. The van der Waals surface area contributed by atoms with Crippen LogP contribution < -0.4 is 11.2 Å². The number of aliphatic hydroxyl groups is 1. The standard InChI is InChI=1S/C15H13ClN2O5/c16-7-1-2-12-9(3-7)11(20)5-13(23-12)15(22)18-6-8(19)4-10(18)14(17)21/h1-3,5,8,10,19H,4,6H2,(H2,17,21)/t8-,10+/m1/s1. The van der Waals surface area contributed by atoms with Crippen LogP contribution in [0.3, 0.4) is 0 Å². The van der Waals surface area contributed by atoms with E-state index < -0.39 is 29.4 Å². The SMILES string of the molecule is NC(=O)[C@@H]1C[C@@H](O)CN1C(=O)c1cc(=O)c2cc(Cl)ccc2o1. The molecule has 2 aromatic rings. The van der Waals surface area contributed by atoms with E-state index in [1.54, 1.807) is 0 Å². The molecule has 23 heavy (non-hydrogen) atoms. The number of halogens is 1. The molecule has 1 aliphatic rings. The summed E-state index contributed by atoms with van der Waals surface area (Å²) in [6.07, 6.45) is -0.781. The summed E-state index contributed by atoms with van der Waals surface area (Å²) in [5.74, 6) is -1.60. The van der Waals surface area contributed by atoms with Crippen LogP contribution in [0, 0.1) is 0 Å². The zero-order valence-electron chi connectivity index (χ0n) is 11.9. The average molecular weight is 337 g/mol. The summed E-state index contributed by atoms with van der Waals surface area (Å²) in [6, 6.07) is 4.59. The number of nitrogens with two attached hydrogens (primary N) is 1. The van der Waals surface area contributed by atoms with Crippen LogP contribution >= 0.6 is 11.6 Å². The molecule has 0 bridgehead atoms. The van der Waals surface area contributed by atoms with E-state index in [2.05, 4.69) is 0 Å². The Labute approximate surface area is 135 Å². The lowest BCUT2D eigenvalue weighted by Gasteiger charge is -2.21. The number of likely N-dealkylation sites (tertiary alicyclic amines) is 1. The number of benzene rings is 1. The third kappa shape index (κ3) is 2.80. The van der Waals surface area contributed by atoms with Crippen molar-refractivity contribution in [2.24, 2.45) is 5.73 Å². The number of rotatable bonds is 2. The minimum Gasteiger partial charge on any atom is -0.451 e. The van der Waals surface area contributed by atoms with Crippen molar-refractivity contribution in [2.75, 3.05) is 6.54 Å². The highest BCUT2D eigenvalue weighted by Crippen LogP contribution is 2.22. The monoisotopic (exact) mass is 336 g/mol. The van der Waals surface area contributed by atoms with Crippen molar-refractivity contribution in [3.63, 3.8) is 0 Å². The highest BCUT2D eigenvalue weighted by molar-refractivity contribution is 6.31. The maximum absolute atomic E-state index is 12.5. The molecule has 8 heteroatoms. The first-order valence-electron chi connectivity index (χ1n) is 6.88. The van der Waals surface area contributed by atoms with E-state index in [1.807, 2.05) is 0 Å². The molecule has 3 rings (SSSR count). The largest absolute Gasteiger partial charge is 0.451 e. The first-order valence-corrected chi connectivity index (χ1v) is 7.26. The van der Waals surface area contributed by atoms with Crippen LogP contribution in [-0.4, -0.2) is 40.5 Å². The number of carbonyl (C=O) groups is 2. The van der Waals surface area contributed by atoms with Crippen molar-refractivity contribution in [1.82, 2.24) is 4.90 Å². The zero-order valence-corrected chi connectivity index (χ0v) is 12.6. The van der Waals surface area contributed by atoms with Crippen molar-refractivity contribution in [3.05, 3.63) is 45.3 Å². The zero-order chi connectivity index (χ0) is 16.7. The number of nitrogens with zero attached hydrogens (tertiary/aromatic N) is 1. The van der Waals surface area contributed by atoms with Gasteiger partial charge in [0.1, 0.15) is 11.6 Å². The second-order valence-electron chi connectivity index (χ2n) is 5.38. The van der Waals surface area contributed by atoms with Crippen LogP contribution in [0.2, 0.25) is 5.02 Å². The number of fused-ring (bicyclic) bond motifs is 1.